The minimum Gasteiger partial charge on any atom is -0.352 e. The van der Waals surface area contributed by atoms with Crippen LogP contribution in [0.5, 0.6) is 0 Å². The van der Waals surface area contributed by atoms with Crippen molar-refractivity contribution in [3.63, 3.8) is 0 Å². The lowest BCUT2D eigenvalue weighted by Gasteiger charge is -2.08. The first-order chi connectivity index (χ1) is 9.06. The fraction of sp³-hybridized carbons (Fsp3) is 0.500. The predicted octanol–water partition coefficient (Wildman–Crippen LogP) is 1.36. The fourth-order valence-electron chi connectivity index (χ4n) is 1.58. The zero-order valence-corrected chi connectivity index (χ0v) is 11.3. The molecule has 102 valence electrons. The van der Waals surface area contributed by atoms with E-state index in [0.29, 0.717) is 29.6 Å². The van der Waals surface area contributed by atoms with Gasteiger partial charge in [0.1, 0.15) is 0 Å². The molecule has 19 heavy (non-hydrogen) atoms. The summed E-state index contributed by atoms with van der Waals surface area (Å²) >= 11 is 0. The second kappa shape index (κ2) is 5.82. The molecule has 1 fully saturated rings. The molecule has 0 aliphatic heterocycles. The smallest absolute Gasteiger partial charge is 0.253 e. The van der Waals surface area contributed by atoms with Crippen molar-refractivity contribution >= 4 is 11.8 Å². The number of carbonyl (C=O) groups excluding carboxylic acids is 2. The van der Waals surface area contributed by atoms with E-state index in [4.69, 9.17) is 0 Å². The summed E-state index contributed by atoms with van der Waals surface area (Å²) in [6.45, 7) is 4.66. The molecule has 1 aromatic rings. The third-order valence-electron chi connectivity index (χ3n) is 2.85. The van der Waals surface area contributed by atoms with Crippen LogP contribution in [0, 0.1) is 5.92 Å². The van der Waals surface area contributed by atoms with Crippen molar-refractivity contribution in [1.29, 1.82) is 0 Å². The summed E-state index contributed by atoms with van der Waals surface area (Å²) < 4.78 is 0. The van der Waals surface area contributed by atoms with Gasteiger partial charge in [-0.1, -0.05) is 13.8 Å². The van der Waals surface area contributed by atoms with Crippen molar-refractivity contribution in [2.75, 3.05) is 6.54 Å². The number of pyridine rings is 1. The lowest BCUT2D eigenvalue weighted by molar-refractivity contribution is 0.0948. The summed E-state index contributed by atoms with van der Waals surface area (Å²) in [5, 5.41) is 5.68. The Morgan fingerprint density at radius 3 is 2.47 bits per heavy atom. The van der Waals surface area contributed by atoms with Gasteiger partial charge in [0.15, 0.2) is 0 Å². The summed E-state index contributed by atoms with van der Waals surface area (Å²) in [5.41, 5.74) is 0.855. The first-order valence-electron chi connectivity index (χ1n) is 6.60. The molecule has 0 radical (unpaired) electrons. The van der Waals surface area contributed by atoms with E-state index in [9.17, 15) is 9.59 Å². The van der Waals surface area contributed by atoms with Gasteiger partial charge < -0.3 is 10.6 Å². The minimum absolute atomic E-state index is 0.159. The molecule has 0 spiro atoms. The normalized spacial score (nSPS) is 14.3. The van der Waals surface area contributed by atoms with Crippen molar-refractivity contribution in [1.82, 2.24) is 15.6 Å². The molecule has 1 aliphatic carbocycles. The third kappa shape index (κ3) is 4.05. The van der Waals surface area contributed by atoms with Gasteiger partial charge in [-0.25, -0.2) is 0 Å². The minimum atomic E-state index is -0.192. The van der Waals surface area contributed by atoms with Crippen LogP contribution in [0.25, 0.3) is 0 Å². The maximum absolute atomic E-state index is 11.9. The molecule has 0 unspecified atom stereocenters. The van der Waals surface area contributed by atoms with E-state index in [0.717, 1.165) is 12.8 Å². The average molecular weight is 261 g/mol. The van der Waals surface area contributed by atoms with Crippen molar-refractivity contribution in [2.24, 2.45) is 5.92 Å². The van der Waals surface area contributed by atoms with Crippen LogP contribution >= 0.6 is 0 Å². The van der Waals surface area contributed by atoms with Gasteiger partial charge in [-0.05, 0) is 24.8 Å². The molecule has 0 atom stereocenters. The second-order valence-electron chi connectivity index (χ2n) is 5.31. The lowest BCUT2D eigenvalue weighted by Crippen LogP contribution is -2.29. The van der Waals surface area contributed by atoms with Crippen molar-refractivity contribution in [2.45, 2.75) is 32.7 Å². The number of aromatic nitrogens is 1. The highest BCUT2D eigenvalue weighted by Gasteiger charge is 2.24. The van der Waals surface area contributed by atoms with Gasteiger partial charge in [0, 0.05) is 25.0 Å². The Bertz CT molecular complexity index is 481. The van der Waals surface area contributed by atoms with E-state index in [1.165, 1.54) is 12.4 Å². The number of rotatable bonds is 5. The molecule has 0 saturated heterocycles. The molecule has 1 saturated carbocycles. The highest BCUT2D eigenvalue weighted by atomic mass is 16.2. The molecule has 5 nitrogen and oxygen atoms in total. The molecule has 1 aromatic heterocycles. The van der Waals surface area contributed by atoms with E-state index in [-0.39, 0.29) is 11.8 Å². The van der Waals surface area contributed by atoms with Gasteiger partial charge in [-0.3, -0.25) is 14.6 Å². The van der Waals surface area contributed by atoms with Crippen molar-refractivity contribution in [3.05, 3.63) is 29.6 Å². The van der Waals surface area contributed by atoms with Crippen LogP contribution in [0.4, 0.5) is 0 Å². The molecule has 0 aromatic carbocycles. The highest BCUT2D eigenvalue weighted by Crippen LogP contribution is 2.19. The second-order valence-corrected chi connectivity index (χ2v) is 5.31. The molecule has 1 aliphatic rings. The van der Waals surface area contributed by atoms with Crippen molar-refractivity contribution in [3.8, 4) is 0 Å². The van der Waals surface area contributed by atoms with E-state index in [1.54, 1.807) is 6.07 Å². The number of hydrogen-bond donors (Lipinski definition) is 2. The Labute approximate surface area is 112 Å². The maximum Gasteiger partial charge on any atom is 0.253 e. The molecule has 5 heteroatoms. The molecule has 2 amide bonds. The molecular formula is C14H19N3O2. The summed E-state index contributed by atoms with van der Waals surface area (Å²) in [4.78, 5) is 27.7. The number of hydrogen-bond acceptors (Lipinski definition) is 3. The van der Waals surface area contributed by atoms with Crippen molar-refractivity contribution < 1.29 is 9.59 Å². The van der Waals surface area contributed by atoms with E-state index >= 15 is 0 Å². The van der Waals surface area contributed by atoms with Crippen LogP contribution in [0.3, 0.4) is 0 Å². The third-order valence-corrected chi connectivity index (χ3v) is 2.85. The number of nitrogens with zero attached hydrogens (tertiary/aromatic N) is 1. The Kier molecular flexibility index (Phi) is 4.14. The van der Waals surface area contributed by atoms with E-state index in [1.807, 2.05) is 13.8 Å². The zero-order chi connectivity index (χ0) is 13.8. The zero-order valence-electron chi connectivity index (χ0n) is 11.3. The van der Waals surface area contributed by atoms with Gasteiger partial charge in [-0.15, -0.1) is 0 Å². The van der Waals surface area contributed by atoms with E-state index < -0.39 is 0 Å². The Balaban J connectivity index is 2.01. The predicted molar refractivity (Wildman–Crippen MR) is 71.9 cm³/mol. The number of nitrogens with one attached hydrogen (secondary N) is 2. The molecule has 0 bridgehead atoms. The van der Waals surface area contributed by atoms with Crippen LogP contribution in [0.15, 0.2) is 18.5 Å². The molecule has 2 N–H and O–H groups in total. The quantitative estimate of drug-likeness (QED) is 0.840. The van der Waals surface area contributed by atoms with Crippen LogP contribution in [0.2, 0.25) is 0 Å². The molecule has 1 heterocycles. The van der Waals surface area contributed by atoms with Gasteiger partial charge in [-0.2, -0.15) is 0 Å². The van der Waals surface area contributed by atoms with Crippen LogP contribution in [0.1, 0.15) is 47.4 Å². The summed E-state index contributed by atoms with van der Waals surface area (Å²) in [5.74, 6) is 0.0361. The van der Waals surface area contributed by atoms with Crippen LogP contribution in [-0.2, 0) is 0 Å². The van der Waals surface area contributed by atoms with Gasteiger partial charge in [0.2, 0.25) is 0 Å². The van der Waals surface area contributed by atoms with Gasteiger partial charge in [0.25, 0.3) is 11.8 Å². The maximum atomic E-state index is 11.9. The molecular weight excluding hydrogens is 242 g/mol. The van der Waals surface area contributed by atoms with E-state index in [2.05, 4.69) is 15.6 Å². The Morgan fingerprint density at radius 1 is 1.26 bits per heavy atom. The molecule has 2 rings (SSSR count). The van der Waals surface area contributed by atoms with Crippen LogP contribution in [-0.4, -0.2) is 29.4 Å². The Hall–Kier alpha value is -1.91. The summed E-state index contributed by atoms with van der Waals surface area (Å²) in [6, 6.07) is 1.88. The topological polar surface area (TPSA) is 71.1 Å². The Morgan fingerprint density at radius 2 is 1.89 bits per heavy atom. The first-order valence-corrected chi connectivity index (χ1v) is 6.60. The van der Waals surface area contributed by atoms with Gasteiger partial charge >= 0.3 is 0 Å². The highest BCUT2D eigenvalue weighted by molar-refractivity contribution is 5.99. The standard InChI is InChI=1S/C14H19N3O2/c1-9(2)6-16-13(18)10-5-11(8-15-7-10)14(19)17-12-3-4-12/h5,7-9,12H,3-4,6H2,1-2H3,(H,16,18)(H,17,19). The average Bonchev–Trinajstić information content (AvgIpc) is 3.20. The fourth-order valence-corrected chi connectivity index (χ4v) is 1.58. The van der Waals surface area contributed by atoms with Gasteiger partial charge in [0.05, 0.1) is 11.1 Å². The summed E-state index contributed by atoms with van der Waals surface area (Å²) in [7, 11) is 0. The summed E-state index contributed by atoms with van der Waals surface area (Å²) in [6.07, 6.45) is 5.03. The number of amides is 2. The largest absolute Gasteiger partial charge is 0.352 e. The number of carbonyl (C=O) groups is 2. The van der Waals surface area contributed by atoms with Crippen LogP contribution < -0.4 is 10.6 Å². The first kappa shape index (κ1) is 13.5. The lowest BCUT2D eigenvalue weighted by atomic mass is 10.1. The monoisotopic (exact) mass is 261 g/mol. The SMILES string of the molecule is CC(C)CNC(=O)c1cncc(C(=O)NC2CC2)c1.